The lowest BCUT2D eigenvalue weighted by atomic mass is 10.2. The van der Waals surface area contributed by atoms with Gasteiger partial charge in [-0.3, -0.25) is 5.32 Å². The van der Waals surface area contributed by atoms with Gasteiger partial charge in [0.15, 0.2) is 5.82 Å². The number of rotatable bonds is 6. The van der Waals surface area contributed by atoms with Crippen molar-refractivity contribution in [1.82, 2.24) is 20.2 Å². The zero-order chi connectivity index (χ0) is 28.2. The van der Waals surface area contributed by atoms with Gasteiger partial charge in [-0.25, -0.2) is 19.2 Å². The summed E-state index contributed by atoms with van der Waals surface area (Å²) < 4.78 is 25.7. The minimum atomic E-state index is -0.310. The molecule has 2 aromatic heterocycles. The highest BCUT2D eigenvalue weighted by atomic mass is 35.5. The van der Waals surface area contributed by atoms with E-state index < -0.39 is 0 Å². The van der Waals surface area contributed by atoms with Gasteiger partial charge >= 0.3 is 6.09 Å². The van der Waals surface area contributed by atoms with E-state index in [1.54, 1.807) is 29.2 Å². The summed E-state index contributed by atoms with van der Waals surface area (Å²) >= 11 is 7.97. The lowest BCUT2D eigenvalue weighted by molar-refractivity contribution is 0.0763. The summed E-state index contributed by atoms with van der Waals surface area (Å²) in [5, 5.41) is 7.07. The number of carbonyl (C=O) groups excluding carboxylic acids is 1. The van der Waals surface area contributed by atoms with Crippen LogP contribution in [-0.2, 0) is 11.3 Å². The van der Waals surface area contributed by atoms with Gasteiger partial charge in [0.05, 0.1) is 26.2 Å². The van der Waals surface area contributed by atoms with Gasteiger partial charge in [0, 0.05) is 31.7 Å². The van der Waals surface area contributed by atoms with Gasteiger partial charge in [0.1, 0.15) is 30.6 Å². The molecule has 6 rings (SSSR count). The first kappa shape index (κ1) is 27.3. The normalized spacial score (nSPS) is 18.2. The fraction of sp³-hybridized carbons (Fsp3) is 0.300. The van der Waals surface area contributed by atoms with Crippen molar-refractivity contribution in [3.05, 3.63) is 76.1 Å². The maximum absolute atomic E-state index is 13.4. The third-order valence-corrected chi connectivity index (χ3v) is 8.22. The molecule has 0 spiro atoms. The highest BCUT2D eigenvalue weighted by Crippen LogP contribution is 2.33. The predicted molar refractivity (Wildman–Crippen MR) is 157 cm³/mol. The Morgan fingerprint density at radius 1 is 1.20 bits per heavy atom. The van der Waals surface area contributed by atoms with E-state index in [4.69, 9.17) is 21.1 Å². The highest BCUT2D eigenvalue weighted by molar-refractivity contribution is 7.20. The van der Waals surface area contributed by atoms with Crippen LogP contribution in [0.15, 0.2) is 54.9 Å². The Morgan fingerprint density at radius 2 is 2.07 bits per heavy atom. The summed E-state index contributed by atoms with van der Waals surface area (Å²) in [5.41, 5.74) is 2.24. The Bertz CT molecular complexity index is 1630. The molecule has 0 saturated carbocycles. The van der Waals surface area contributed by atoms with Crippen molar-refractivity contribution in [3.63, 3.8) is 0 Å². The number of aromatic nitrogens is 2. The maximum atomic E-state index is 13.4. The molecule has 210 valence electrons. The van der Waals surface area contributed by atoms with Crippen molar-refractivity contribution in [2.24, 2.45) is 0 Å². The van der Waals surface area contributed by atoms with E-state index in [0.29, 0.717) is 35.1 Å². The molecule has 2 aromatic carbocycles. The molecule has 2 aliphatic rings. The van der Waals surface area contributed by atoms with Crippen LogP contribution in [0.25, 0.3) is 10.2 Å². The topological polar surface area (TPSA) is 88.6 Å². The monoisotopic (exact) mass is 591 g/mol. The van der Waals surface area contributed by atoms with Crippen LogP contribution in [0.5, 0.6) is 5.75 Å². The molecule has 4 heterocycles. The minimum Gasteiger partial charge on any atom is -0.487 e. The van der Waals surface area contributed by atoms with E-state index in [0.717, 1.165) is 46.7 Å². The second-order valence-corrected chi connectivity index (χ2v) is 11.4. The molecule has 2 fully saturated rings. The van der Waals surface area contributed by atoms with Crippen LogP contribution in [0.1, 0.15) is 29.7 Å². The van der Waals surface area contributed by atoms with Crippen molar-refractivity contribution < 1.29 is 18.7 Å². The van der Waals surface area contributed by atoms with Gasteiger partial charge in [-0.1, -0.05) is 35.6 Å². The van der Waals surface area contributed by atoms with E-state index in [-0.39, 0.29) is 30.7 Å². The predicted octanol–water partition coefficient (Wildman–Crippen LogP) is 6.12. The fourth-order valence-corrected chi connectivity index (χ4v) is 5.96. The molecule has 0 unspecified atom stereocenters. The van der Waals surface area contributed by atoms with Crippen molar-refractivity contribution >= 4 is 50.8 Å². The third kappa shape index (κ3) is 6.70. The molecule has 4 aromatic rings. The number of amides is 1. The quantitative estimate of drug-likeness (QED) is 0.261. The standard InChI is InChI=1S/C30H27ClFN5O3S/c31-25-14-22(7-9-27(25)39-17-19-4-3-5-20(32)12-19)36-29-28-26(34-18-35-29)15-24(41-28)8-6-21-13-23(16-33-21)40-30(38)37-10-1-2-11-37/h3-5,7,9,12,14-15,18,21,23,33H,1-2,10-11,13,16-17H2,(H,34,35,36)/t21-,23-/m0/s1. The van der Waals surface area contributed by atoms with Crippen LogP contribution in [0.3, 0.4) is 0 Å². The average molecular weight is 592 g/mol. The van der Waals surface area contributed by atoms with Gasteiger partial charge in [-0.2, -0.15) is 0 Å². The van der Waals surface area contributed by atoms with E-state index >= 15 is 0 Å². The summed E-state index contributed by atoms with van der Waals surface area (Å²) in [7, 11) is 0. The fourth-order valence-electron chi connectivity index (χ4n) is 4.80. The van der Waals surface area contributed by atoms with Crippen molar-refractivity contribution in [2.75, 3.05) is 25.0 Å². The van der Waals surface area contributed by atoms with E-state index in [1.807, 2.05) is 12.1 Å². The third-order valence-electron chi connectivity index (χ3n) is 6.88. The van der Waals surface area contributed by atoms with Gasteiger partial charge in [0.2, 0.25) is 0 Å². The number of anilines is 2. The van der Waals surface area contributed by atoms with Crippen LogP contribution >= 0.6 is 22.9 Å². The molecule has 2 aliphatic heterocycles. The Balaban J connectivity index is 1.09. The number of fused-ring (bicyclic) bond motifs is 1. The summed E-state index contributed by atoms with van der Waals surface area (Å²) in [6.07, 6.45) is 3.85. The molecule has 8 nitrogen and oxygen atoms in total. The first-order valence-electron chi connectivity index (χ1n) is 13.4. The number of hydrogen-bond acceptors (Lipinski definition) is 8. The molecule has 41 heavy (non-hydrogen) atoms. The van der Waals surface area contributed by atoms with Crippen molar-refractivity contribution in [2.45, 2.75) is 38.0 Å². The zero-order valence-electron chi connectivity index (χ0n) is 22.0. The van der Waals surface area contributed by atoms with Crippen molar-refractivity contribution in [1.29, 1.82) is 0 Å². The average Bonchev–Trinajstić information content (AvgIpc) is 3.73. The summed E-state index contributed by atoms with van der Waals surface area (Å²) in [4.78, 5) is 23.7. The number of nitrogens with one attached hydrogen (secondary N) is 2. The van der Waals surface area contributed by atoms with Crippen LogP contribution in [0.4, 0.5) is 20.7 Å². The first-order valence-corrected chi connectivity index (χ1v) is 14.6. The minimum absolute atomic E-state index is 0.0518. The Kier molecular flexibility index (Phi) is 8.19. The smallest absolute Gasteiger partial charge is 0.410 e. The number of ether oxygens (including phenoxy) is 2. The van der Waals surface area contributed by atoms with Crippen LogP contribution in [-0.4, -0.2) is 52.7 Å². The van der Waals surface area contributed by atoms with Crippen LogP contribution in [0.2, 0.25) is 5.02 Å². The second-order valence-electron chi connectivity index (χ2n) is 9.90. The number of benzene rings is 2. The van der Waals surface area contributed by atoms with Crippen molar-refractivity contribution in [3.8, 4) is 17.6 Å². The lowest BCUT2D eigenvalue weighted by Crippen LogP contribution is -2.32. The lowest BCUT2D eigenvalue weighted by Gasteiger charge is -2.18. The van der Waals surface area contributed by atoms with Gasteiger partial charge in [-0.15, -0.1) is 11.3 Å². The number of nitrogens with zero attached hydrogens (tertiary/aromatic N) is 3. The molecule has 2 saturated heterocycles. The summed E-state index contributed by atoms with van der Waals surface area (Å²) in [6, 6.07) is 13.5. The van der Waals surface area contributed by atoms with Crippen LogP contribution in [0, 0.1) is 17.7 Å². The van der Waals surface area contributed by atoms with Gasteiger partial charge in [0.25, 0.3) is 0 Å². The van der Waals surface area contributed by atoms with E-state index in [1.165, 1.54) is 29.8 Å². The summed E-state index contributed by atoms with van der Waals surface area (Å²) in [5.74, 6) is 7.34. The molecule has 0 bridgehead atoms. The molecule has 2 atom stereocenters. The van der Waals surface area contributed by atoms with E-state index in [9.17, 15) is 9.18 Å². The molecule has 11 heteroatoms. The molecular weight excluding hydrogens is 565 g/mol. The molecule has 1 amide bonds. The largest absolute Gasteiger partial charge is 0.487 e. The number of likely N-dealkylation sites (tertiary alicyclic amines) is 1. The maximum Gasteiger partial charge on any atom is 0.410 e. The number of halogens is 2. The first-order chi connectivity index (χ1) is 20.0. The Labute approximate surface area is 245 Å². The number of hydrogen-bond donors (Lipinski definition) is 2. The number of thiophene rings is 1. The van der Waals surface area contributed by atoms with Gasteiger partial charge in [-0.05, 0) is 54.8 Å². The SMILES string of the molecule is O=C(O[C@@H]1CN[C@@H](C#Cc2cc3ncnc(Nc4ccc(OCc5cccc(F)c5)c(Cl)c4)c3s2)C1)N1CCCC1. The number of carbonyl (C=O) groups is 1. The Hall–Kier alpha value is -3.91. The van der Waals surface area contributed by atoms with E-state index in [2.05, 4.69) is 32.4 Å². The summed E-state index contributed by atoms with van der Waals surface area (Å²) in [6.45, 7) is 2.36. The van der Waals surface area contributed by atoms with Crippen LogP contribution < -0.4 is 15.4 Å². The highest BCUT2D eigenvalue weighted by Gasteiger charge is 2.28. The molecule has 0 aliphatic carbocycles. The Morgan fingerprint density at radius 3 is 2.90 bits per heavy atom. The molecular formula is C30H27ClFN5O3S. The zero-order valence-corrected chi connectivity index (χ0v) is 23.6. The molecule has 0 radical (unpaired) electrons. The van der Waals surface area contributed by atoms with Gasteiger partial charge < -0.3 is 19.7 Å². The molecule has 2 N–H and O–H groups in total. The second kappa shape index (κ2) is 12.3.